The van der Waals surface area contributed by atoms with Crippen molar-refractivity contribution in [2.45, 2.75) is 33.1 Å². The zero-order chi connectivity index (χ0) is 21.5. The van der Waals surface area contributed by atoms with Gasteiger partial charge in [0.05, 0.1) is 5.52 Å². The first-order valence-corrected chi connectivity index (χ1v) is 10.8. The highest BCUT2D eigenvalue weighted by Gasteiger charge is 2.21. The van der Waals surface area contributed by atoms with E-state index in [4.69, 9.17) is 21.6 Å². The minimum absolute atomic E-state index is 0.119. The number of allylic oxidation sites excluding steroid dienone is 1. The normalized spacial score (nSPS) is 15.0. The summed E-state index contributed by atoms with van der Waals surface area (Å²) in [4.78, 5) is 14.5. The molecule has 5 heteroatoms. The number of benzene rings is 2. The molecule has 156 valence electrons. The van der Waals surface area contributed by atoms with Gasteiger partial charge in [-0.15, -0.1) is 0 Å². The van der Waals surface area contributed by atoms with Crippen LogP contribution in [0.1, 0.15) is 33.3 Å². The lowest BCUT2D eigenvalue weighted by atomic mass is 9.87. The Morgan fingerprint density at radius 2 is 1.63 bits per heavy atom. The molecule has 1 fully saturated rings. The first-order chi connectivity index (χ1) is 14.2. The quantitative estimate of drug-likeness (QED) is 0.527. The number of anilines is 1. The molecule has 2 heterocycles. The highest BCUT2D eigenvalue weighted by molar-refractivity contribution is 6.31. The lowest BCUT2D eigenvalue weighted by Crippen LogP contribution is -2.45. The lowest BCUT2D eigenvalue weighted by Gasteiger charge is -2.37. The van der Waals surface area contributed by atoms with Crippen molar-refractivity contribution >= 4 is 28.3 Å². The van der Waals surface area contributed by atoms with Crippen LogP contribution in [0, 0.1) is 0 Å². The van der Waals surface area contributed by atoms with Gasteiger partial charge in [0, 0.05) is 47.8 Å². The Morgan fingerprint density at radius 3 is 2.23 bits per heavy atom. The van der Waals surface area contributed by atoms with Gasteiger partial charge in [0.1, 0.15) is 5.82 Å². The van der Waals surface area contributed by atoms with E-state index in [2.05, 4.69) is 68.3 Å². The summed E-state index contributed by atoms with van der Waals surface area (Å²) in [5, 5.41) is 1.71. The lowest BCUT2D eigenvalue weighted by molar-refractivity contribution is 0.323. The van der Waals surface area contributed by atoms with Gasteiger partial charge >= 0.3 is 0 Å². The van der Waals surface area contributed by atoms with Crippen molar-refractivity contribution in [3.63, 3.8) is 0 Å². The molecule has 1 aliphatic heterocycles. The topological polar surface area (TPSA) is 32.3 Å². The van der Waals surface area contributed by atoms with E-state index < -0.39 is 0 Å². The van der Waals surface area contributed by atoms with Crippen LogP contribution < -0.4 is 4.90 Å². The first kappa shape index (κ1) is 20.7. The van der Waals surface area contributed by atoms with Gasteiger partial charge in [0.25, 0.3) is 0 Å². The van der Waals surface area contributed by atoms with Crippen LogP contribution in [-0.4, -0.2) is 41.0 Å². The molecule has 1 aromatic heterocycles. The van der Waals surface area contributed by atoms with Gasteiger partial charge in [0.15, 0.2) is 5.82 Å². The van der Waals surface area contributed by atoms with E-state index in [0.29, 0.717) is 5.02 Å². The Kier molecular flexibility index (Phi) is 5.46. The maximum Gasteiger partial charge on any atom is 0.162 e. The van der Waals surface area contributed by atoms with Gasteiger partial charge in [-0.1, -0.05) is 63.2 Å². The fourth-order valence-electron chi connectivity index (χ4n) is 3.87. The standard InChI is InChI=1S/C25H29ClN4/c1-17(2)29-12-14-30(15-13-29)24-21-16-20(26)10-11-22(21)27-23(28-24)18-6-8-19(9-7-18)25(3,4)5/h6-11,16H,1,12-15H2,2-5H3. The van der Waals surface area contributed by atoms with Crippen LogP contribution in [0.25, 0.3) is 22.3 Å². The van der Waals surface area contributed by atoms with Gasteiger partial charge in [-0.3, -0.25) is 0 Å². The molecule has 0 aliphatic carbocycles. The SMILES string of the molecule is C=C(C)N1CCN(c2nc(-c3ccc(C(C)(C)C)cc3)nc3ccc(Cl)cc23)CC1. The number of fused-ring (bicyclic) bond motifs is 1. The summed E-state index contributed by atoms with van der Waals surface area (Å²) < 4.78 is 0. The molecule has 1 saturated heterocycles. The number of nitrogens with zero attached hydrogens (tertiary/aromatic N) is 4. The minimum Gasteiger partial charge on any atom is -0.372 e. The van der Waals surface area contributed by atoms with Gasteiger partial charge < -0.3 is 9.80 Å². The van der Waals surface area contributed by atoms with Crippen LogP contribution >= 0.6 is 11.6 Å². The number of piperazine rings is 1. The third-order valence-corrected chi connectivity index (χ3v) is 6.00. The molecule has 0 saturated carbocycles. The predicted octanol–water partition coefficient (Wildman–Crippen LogP) is 5.90. The van der Waals surface area contributed by atoms with Crippen molar-refractivity contribution in [2.24, 2.45) is 0 Å². The Morgan fingerprint density at radius 1 is 0.967 bits per heavy atom. The molecule has 0 atom stereocenters. The van der Waals surface area contributed by atoms with Crippen molar-refractivity contribution in [1.82, 2.24) is 14.9 Å². The summed E-state index contributed by atoms with van der Waals surface area (Å²) in [6.07, 6.45) is 0. The average Bonchev–Trinajstić information content (AvgIpc) is 2.72. The van der Waals surface area contributed by atoms with Crippen LogP contribution in [-0.2, 0) is 5.41 Å². The molecule has 0 amide bonds. The summed E-state index contributed by atoms with van der Waals surface area (Å²) >= 11 is 6.32. The van der Waals surface area contributed by atoms with Crippen molar-refractivity contribution in [1.29, 1.82) is 0 Å². The summed E-state index contributed by atoms with van der Waals surface area (Å²) in [5.74, 6) is 1.71. The van der Waals surface area contributed by atoms with E-state index in [1.165, 1.54) is 5.56 Å². The summed E-state index contributed by atoms with van der Waals surface area (Å²) in [6.45, 7) is 16.5. The molecule has 30 heavy (non-hydrogen) atoms. The summed E-state index contributed by atoms with van der Waals surface area (Å²) in [6, 6.07) is 14.5. The Labute approximate surface area is 184 Å². The van der Waals surface area contributed by atoms with Crippen LogP contribution in [0.4, 0.5) is 5.82 Å². The number of hydrogen-bond acceptors (Lipinski definition) is 4. The molecule has 2 aromatic carbocycles. The highest BCUT2D eigenvalue weighted by Crippen LogP contribution is 2.31. The van der Waals surface area contributed by atoms with Crippen molar-refractivity contribution in [2.75, 3.05) is 31.1 Å². The molecule has 4 rings (SSSR count). The molecule has 0 bridgehead atoms. The van der Waals surface area contributed by atoms with E-state index in [1.54, 1.807) is 0 Å². The smallest absolute Gasteiger partial charge is 0.162 e. The Bertz CT molecular complexity index is 1070. The zero-order valence-electron chi connectivity index (χ0n) is 18.2. The molecule has 3 aromatic rings. The molecule has 1 aliphatic rings. The van der Waals surface area contributed by atoms with E-state index >= 15 is 0 Å². The second-order valence-corrected chi connectivity index (χ2v) is 9.51. The third-order valence-electron chi connectivity index (χ3n) is 5.77. The molecule has 0 N–H and O–H groups in total. The van der Waals surface area contributed by atoms with E-state index in [9.17, 15) is 0 Å². The molecular weight excluding hydrogens is 392 g/mol. The van der Waals surface area contributed by atoms with Crippen LogP contribution in [0.2, 0.25) is 5.02 Å². The molecule has 4 nitrogen and oxygen atoms in total. The highest BCUT2D eigenvalue weighted by atomic mass is 35.5. The van der Waals surface area contributed by atoms with Crippen LogP contribution in [0.5, 0.6) is 0 Å². The van der Waals surface area contributed by atoms with E-state index in [-0.39, 0.29) is 5.41 Å². The predicted molar refractivity (Wildman–Crippen MR) is 127 cm³/mol. The van der Waals surface area contributed by atoms with Gasteiger partial charge in [-0.25, -0.2) is 9.97 Å². The van der Waals surface area contributed by atoms with Gasteiger partial charge in [-0.05, 0) is 36.1 Å². The Balaban J connectivity index is 1.76. The van der Waals surface area contributed by atoms with Crippen molar-refractivity contribution in [3.8, 4) is 11.4 Å². The fraction of sp³-hybridized carbons (Fsp3) is 0.360. The monoisotopic (exact) mass is 420 g/mol. The van der Waals surface area contributed by atoms with Crippen molar-refractivity contribution < 1.29 is 0 Å². The van der Waals surface area contributed by atoms with E-state index in [1.807, 2.05) is 18.2 Å². The number of hydrogen-bond donors (Lipinski definition) is 0. The van der Waals surface area contributed by atoms with Crippen molar-refractivity contribution in [3.05, 3.63) is 65.3 Å². The second kappa shape index (κ2) is 7.92. The number of halogens is 1. The maximum atomic E-state index is 6.32. The summed E-state index contributed by atoms with van der Waals surface area (Å²) in [5.41, 5.74) is 4.48. The van der Waals surface area contributed by atoms with Gasteiger partial charge in [-0.2, -0.15) is 0 Å². The largest absolute Gasteiger partial charge is 0.372 e. The zero-order valence-corrected chi connectivity index (χ0v) is 19.0. The Hall–Kier alpha value is -2.59. The second-order valence-electron chi connectivity index (χ2n) is 9.07. The average molecular weight is 421 g/mol. The van der Waals surface area contributed by atoms with Crippen LogP contribution in [0.3, 0.4) is 0 Å². The van der Waals surface area contributed by atoms with Crippen LogP contribution in [0.15, 0.2) is 54.7 Å². The summed E-state index contributed by atoms with van der Waals surface area (Å²) in [7, 11) is 0. The fourth-order valence-corrected chi connectivity index (χ4v) is 4.05. The molecule has 0 spiro atoms. The molecule has 0 radical (unpaired) electrons. The third kappa shape index (κ3) is 4.15. The number of aromatic nitrogens is 2. The maximum absolute atomic E-state index is 6.32. The molecule has 0 unspecified atom stereocenters. The first-order valence-electron chi connectivity index (χ1n) is 10.5. The molecular formula is C25H29ClN4. The van der Waals surface area contributed by atoms with Gasteiger partial charge in [0.2, 0.25) is 0 Å². The minimum atomic E-state index is 0.119. The van der Waals surface area contributed by atoms with E-state index in [0.717, 1.165) is 60.0 Å². The number of rotatable bonds is 3.